The van der Waals surface area contributed by atoms with E-state index in [0.29, 0.717) is 110 Å². The van der Waals surface area contributed by atoms with Crippen LogP contribution in [0.4, 0.5) is 35.7 Å². The average molecular weight is 1990 g/mol. The first kappa shape index (κ1) is 103. The minimum Gasteiger partial charge on any atom is -0.478 e. The molecule has 1 saturated carbocycles. The van der Waals surface area contributed by atoms with Crippen LogP contribution in [0.1, 0.15) is 251 Å². The number of anilines is 6. The van der Waals surface area contributed by atoms with Gasteiger partial charge in [0.25, 0.3) is 0 Å². The summed E-state index contributed by atoms with van der Waals surface area (Å²) >= 11 is 6.35. The summed E-state index contributed by atoms with van der Waals surface area (Å²) in [6, 6.07) is 24.4. The Balaban J connectivity index is 0.000000163. The van der Waals surface area contributed by atoms with Crippen molar-refractivity contribution in [3.63, 3.8) is 0 Å². The molecule has 8 fully saturated rings. The second-order valence-electron chi connectivity index (χ2n) is 37.3. The van der Waals surface area contributed by atoms with E-state index in [1.807, 2.05) is 79.3 Å². The number of amides is 2. The Bertz CT molecular complexity index is 5440. The Labute approximate surface area is 816 Å². The fraction of sp³-hybridized carbons (Fsp3) is 0.559. The smallest absolute Gasteiger partial charge is 0.328 e. The number of carbonyl (C=O) groups is 6. The quantitative estimate of drug-likeness (QED) is 0.0137. The van der Waals surface area contributed by atoms with E-state index in [-0.39, 0.29) is 77.6 Å². The number of alkyl halides is 2. The fourth-order valence-electron chi connectivity index (χ4n) is 18.4. The first-order valence-corrected chi connectivity index (χ1v) is 51.7. The molecule has 7 aliphatic heterocycles. The number of hydrogen-bond donors (Lipinski definition) is 8. The van der Waals surface area contributed by atoms with Gasteiger partial charge in [0.15, 0.2) is 34.3 Å². The van der Waals surface area contributed by atoms with Gasteiger partial charge in [-0.3, -0.25) is 28.9 Å². The summed E-state index contributed by atoms with van der Waals surface area (Å²) in [7, 11) is 0. The monoisotopic (exact) mass is 1990 g/mol. The molecule has 3 aromatic carbocycles. The Hall–Kier alpha value is -10.5. The highest BCUT2D eigenvalue weighted by molar-refractivity contribution is 9.09. The topological polar surface area (TPSA) is 374 Å². The van der Waals surface area contributed by atoms with E-state index in [1.54, 1.807) is 41.6 Å². The highest BCUT2D eigenvalue weighted by atomic mass is 79.9. The molecule has 17 rings (SSSR count). The molecule has 6 aromatic heterocycles. The van der Waals surface area contributed by atoms with Crippen LogP contribution in [0.5, 0.6) is 0 Å². The highest BCUT2D eigenvalue weighted by Crippen LogP contribution is 2.31. The summed E-state index contributed by atoms with van der Waals surface area (Å²) < 4.78 is 21.8. The van der Waals surface area contributed by atoms with E-state index >= 15 is 0 Å². The van der Waals surface area contributed by atoms with Gasteiger partial charge in [0.1, 0.15) is 0 Å². The van der Waals surface area contributed by atoms with Gasteiger partial charge in [-0.25, -0.2) is 4.79 Å². The predicted molar refractivity (Wildman–Crippen MR) is 540 cm³/mol. The lowest BCUT2D eigenvalue weighted by molar-refractivity contribution is -0.137. The molecule has 9 aromatic rings. The molecule has 0 radical (unpaired) electrons. The standard InChI is InChI=1S/C35H48N8O3.C31H40BrN7O3.C27H37N7O2.C5H10.C4H5BrO2/c1-25(2)29-24-37-43-33(29)39-34(38-28-13-19-46-20-14-28)40-35(43)36-23-27-10-7-9-26(21-27)22-31(44)30-11-3-4-18-42(30)32(45)12-8-17-41-15-5-6-16-41;1-21(2)25-20-34-39-29(25)36-30(35-24-11-15-42-16-12-24)37-31(39)33-19-23-8-5-7-22(17-23)18-27(40)26-9-3-4-14-38(26)28(41)10-6-13-32;1-18(2)22-17-30-34-25(22)32-26(31-21-9-12-36-13-10-21)33-27(34)29-16-20-7-5-6-19(14-20)15-24(35)23-8-3-4-11-28-23;1-2-4-5-3-1;5-3-1-2-4(6)7/h7-10,12,21,24-25,28,30H,3-6,11,13-20,22-23H2,1-2H3,(H2,36,38,39,40);5-8,10,17,20-21,24,26H,3-4,9,11-16,18-19H2,1-2H3,(H2,33,35,36,37);5-7,14,17-18,21,23,28H,3-4,8-13,15-16H2,1-2H3,(H2,29,31,32,33);1-5H2;1-2H,3H2,(H,6,7)/b12-8+;10-6+;;;2-1+. The normalized spacial score (nSPS) is 18.7. The molecule has 3 unspecified atom stereocenters. The van der Waals surface area contributed by atoms with Gasteiger partial charge in [-0.15, -0.1) is 0 Å². The number of carboxylic acid groups (broad SMARTS) is 1. The number of ketones is 3. The number of Topliss-reactive ketones (excluding diaryl/α,β-unsaturated/α-hetero) is 3. The molecule has 0 spiro atoms. The van der Waals surface area contributed by atoms with Crippen LogP contribution in [-0.4, -0.2) is 240 Å². The maximum absolute atomic E-state index is 13.6. The largest absolute Gasteiger partial charge is 0.478 e. The molecule has 13 heterocycles. The maximum Gasteiger partial charge on any atom is 0.328 e. The number of likely N-dealkylation sites (tertiary alicyclic amines) is 3. The number of rotatable bonds is 34. The Kier molecular flexibility index (Phi) is 40.4. The molecule has 8 aliphatic rings. The van der Waals surface area contributed by atoms with Crippen molar-refractivity contribution in [2.24, 2.45) is 0 Å². The molecular formula is C102H140Br2N22O10. The number of halogens is 2. The highest BCUT2D eigenvalue weighted by Gasteiger charge is 2.34. The first-order valence-electron chi connectivity index (χ1n) is 49.5. The number of carboxylic acids is 1. The van der Waals surface area contributed by atoms with Gasteiger partial charge in [-0.05, 0) is 180 Å². The number of nitrogens with one attached hydrogen (secondary N) is 7. The van der Waals surface area contributed by atoms with Gasteiger partial charge in [0, 0.05) is 156 Å². The van der Waals surface area contributed by atoms with E-state index in [9.17, 15) is 28.8 Å². The molecule has 34 heteroatoms. The van der Waals surface area contributed by atoms with Crippen LogP contribution in [0.15, 0.2) is 128 Å². The molecule has 2 amide bonds. The van der Waals surface area contributed by atoms with E-state index in [4.69, 9.17) is 49.2 Å². The summed E-state index contributed by atoms with van der Waals surface area (Å²) in [6.07, 6.45) is 40.2. The fourth-order valence-corrected chi connectivity index (χ4v) is 18.8. The zero-order chi connectivity index (χ0) is 95.5. The van der Waals surface area contributed by atoms with Crippen LogP contribution < -0.4 is 37.2 Å². The number of carbonyl (C=O) groups excluding carboxylic acids is 5. The number of fused-ring (bicyclic) bond motifs is 3. The molecule has 732 valence electrons. The molecular weight excluding hydrogens is 1850 g/mol. The van der Waals surface area contributed by atoms with Crippen LogP contribution in [0.25, 0.3) is 16.9 Å². The van der Waals surface area contributed by atoms with Gasteiger partial charge >= 0.3 is 5.97 Å². The molecule has 7 saturated heterocycles. The minimum atomic E-state index is -0.903. The molecule has 136 heavy (non-hydrogen) atoms. The van der Waals surface area contributed by atoms with Crippen molar-refractivity contribution in [3.05, 3.63) is 178 Å². The van der Waals surface area contributed by atoms with Crippen LogP contribution in [0.2, 0.25) is 0 Å². The van der Waals surface area contributed by atoms with Crippen molar-refractivity contribution in [3.8, 4) is 0 Å². The van der Waals surface area contributed by atoms with Crippen LogP contribution in [0.3, 0.4) is 0 Å². The zero-order valence-electron chi connectivity index (χ0n) is 80.1. The predicted octanol–water partition coefficient (Wildman–Crippen LogP) is 16.2. The van der Waals surface area contributed by atoms with Crippen molar-refractivity contribution in [1.29, 1.82) is 0 Å². The number of aliphatic carboxylic acids is 1. The van der Waals surface area contributed by atoms with E-state index in [1.165, 1.54) is 51.0 Å². The lowest BCUT2D eigenvalue weighted by Crippen LogP contribution is -2.48. The summed E-state index contributed by atoms with van der Waals surface area (Å²) in [4.78, 5) is 110. The van der Waals surface area contributed by atoms with E-state index in [2.05, 4.69) is 149 Å². The van der Waals surface area contributed by atoms with E-state index in [0.717, 1.165) is 229 Å². The third kappa shape index (κ3) is 30.8. The van der Waals surface area contributed by atoms with Crippen molar-refractivity contribution in [1.82, 2.24) is 78.8 Å². The second-order valence-corrected chi connectivity index (χ2v) is 38.6. The van der Waals surface area contributed by atoms with Gasteiger partial charge in [0.05, 0.1) is 36.7 Å². The Morgan fingerprint density at radius 3 is 1.11 bits per heavy atom. The molecule has 0 bridgehead atoms. The van der Waals surface area contributed by atoms with Gasteiger partial charge in [-0.1, -0.05) is 203 Å². The van der Waals surface area contributed by atoms with Gasteiger partial charge in [0.2, 0.25) is 47.5 Å². The van der Waals surface area contributed by atoms with Crippen LogP contribution >= 0.6 is 31.9 Å². The third-order valence-electron chi connectivity index (χ3n) is 26.0. The lowest BCUT2D eigenvalue weighted by atomic mass is 9.94. The number of ether oxygens (including phenoxy) is 3. The minimum absolute atomic E-state index is 0.00792. The zero-order valence-corrected chi connectivity index (χ0v) is 83.3. The Morgan fingerprint density at radius 1 is 0.419 bits per heavy atom. The maximum atomic E-state index is 13.6. The molecule has 8 N–H and O–H groups in total. The first-order chi connectivity index (χ1) is 66.2. The van der Waals surface area contributed by atoms with Gasteiger partial charge in [-0.2, -0.15) is 58.7 Å². The summed E-state index contributed by atoms with van der Waals surface area (Å²) in [5.74, 6) is 3.90. The van der Waals surface area contributed by atoms with Crippen molar-refractivity contribution < 1.29 is 48.1 Å². The van der Waals surface area contributed by atoms with Crippen molar-refractivity contribution in [2.75, 3.05) is 121 Å². The second kappa shape index (κ2) is 53.4. The summed E-state index contributed by atoms with van der Waals surface area (Å²) in [5, 5.41) is 47.2. The lowest BCUT2D eigenvalue weighted by Gasteiger charge is -2.34. The number of benzene rings is 3. The molecule has 1 aliphatic carbocycles. The number of allylic oxidation sites excluding steroid dienone is 2. The number of piperidine rings is 3. The summed E-state index contributed by atoms with van der Waals surface area (Å²) in [6.45, 7) is 24.1. The van der Waals surface area contributed by atoms with Crippen molar-refractivity contribution in [2.45, 2.75) is 276 Å². The number of nitrogens with zero attached hydrogens (tertiary/aromatic N) is 15. The van der Waals surface area contributed by atoms with Crippen molar-refractivity contribution >= 4 is 120 Å². The van der Waals surface area contributed by atoms with Gasteiger partial charge < -0.3 is 66.3 Å². The summed E-state index contributed by atoms with van der Waals surface area (Å²) in [5.41, 5.74) is 11.7. The number of aromatic nitrogens is 12. The average Bonchev–Trinajstić information content (AvgIpc) is 1.64. The third-order valence-corrected chi connectivity index (χ3v) is 26.7. The van der Waals surface area contributed by atoms with Crippen LogP contribution in [0, 0.1) is 0 Å². The molecule has 3 atom stereocenters. The molecule has 32 nitrogen and oxygen atoms in total. The Morgan fingerprint density at radius 2 is 0.765 bits per heavy atom. The van der Waals surface area contributed by atoms with Crippen LogP contribution in [-0.2, 0) is 81.9 Å². The van der Waals surface area contributed by atoms with E-state index < -0.39 is 5.97 Å². The SMILES string of the molecule is C1CCCC1.CC(C)c1cnn2c(NCc3cccc(CC(=O)C4CCCCN4)c3)nc(NC3CCOCC3)nc12.CC(C)c1cnn2c(NCc3cccc(CC(=O)C4CCCCN4C(=O)/C=C/CBr)c3)nc(NC3CCOCC3)nc12.CC(C)c1cnn2c(NCc3cccc(CC(=O)C4CCCCN4C(=O)/C=C/CN4CCCC4)c3)nc(NC3CCOCC3)nc12.O=C(O)/C=C/CBr. The number of hydrogen-bond acceptors (Lipinski definition) is 26.